The fourth-order valence-electron chi connectivity index (χ4n) is 2.73. The van der Waals surface area contributed by atoms with E-state index in [9.17, 15) is 8.42 Å². The van der Waals surface area contributed by atoms with Crippen LogP contribution in [0.5, 0.6) is 0 Å². The van der Waals surface area contributed by atoms with Gasteiger partial charge in [0.15, 0.2) is 0 Å². The van der Waals surface area contributed by atoms with E-state index in [1.165, 1.54) is 16.2 Å². The number of quaternary nitrogens is 1. The molecule has 0 amide bonds. The first-order valence-corrected chi connectivity index (χ1v) is 10.0. The second-order valence-electron chi connectivity index (χ2n) is 5.58. The summed E-state index contributed by atoms with van der Waals surface area (Å²) in [6, 6.07) is 12.9. The van der Waals surface area contributed by atoms with Gasteiger partial charge in [-0.05, 0) is 17.0 Å². The van der Waals surface area contributed by atoms with Gasteiger partial charge >= 0.3 is 0 Å². The van der Waals surface area contributed by atoms with Crippen LogP contribution in [0.4, 0.5) is 0 Å². The van der Waals surface area contributed by atoms with E-state index < -0.39 is 10.0 Å². The number of nitrogens with one attached hydrogen (secondary N) is 2. The Hall–Kier alpha value is -1.25. The lowest BCUT2D eigenvalue weighted by molar-refractivity contribution is -0.909. The van der Waals surface area contributed by atoms with Gasteiger partial charge in [0, 0.05) is 0 Å². The van der Waals surface area contributed by atoms with E-state index in [0.717, 1.165) is 38.4 Å². The Morgan fingerprint density at radius 2 is 1.87 bits per heavy atom. The summed E-state index contributed by atoms with van der Waals surface area (Å²) >= 11 is 1.24. The standard InChI is InChI=1S/C16H20N2O3S2/c19-23(20,16-7-4-12-22-16)17-15(14-5-2-1-3-6-14)13-18-8-10-21-11-9-18/h1-7,12,15,17H,8-11,13H2/p+1/t15-/m0/s1. The molecule has 1 aromatic heterocycles. The van der Waals surface area contributed by atoms with Crippen LogP contribution in [0.25, 0.3) is 0 Å². The lowest BCUT2D eigenvalue weighted by atomic mass is 10.1. The normalized spacial score (nSPS) is 17.9. The van der Waals surface area contributed by atoms with Gasteiger partial charge in [0.05, 0.1) is 25.8 Å². The molecular formula is C16H21N2O3S2+. The van der Waals surface area contributed by atoms with Crippen LogP contribution in [-0.2, 0) is 14.8 Å². The van der Waals surface area contributed by atoms with E-state index in [4.69, 9.17) is 4.74 Å². The van der Waals surface area contributed by atoms with Gasteiger partial charge in [-0.15, -0.1) is 11.3 Å². The number of thiophene rings is 1. The van der Waals surface area contributed by atoms with E-state index in [0.29, 0.717) is 4.21 Å². The number of benzene rings is 1. The average Bonchev–Trinajstić information content (AvgIpc) is 3.11. The Labute approximate surface area is 140 Å². The fourth-order valence-corrected chi connectivity index (χ4v) is 4.96. The third kappa shape index (κ3) is 4.39. The maximum absolute atomic E-state index is 12.6. The lowest BCUT2D eigenvalue weighted by Crippen LogP contribution is -3.14. The first-order valence-electron chi connectivity index (χ1n) is 7.67. The van der Waals surface area contributed by atoms with Crippen LogP contribution in [0.1, 0.15) is 11.6 Å². The minimum Gasteiger partial charge on any atom is -0.370 e. The van der Waals surface area contributed by atoms with Gasteiger partial charge in [-0.3, -0.25) is 0 Å². The summed E-state index contributed by atoms with van der Waals surface area (Å²) in [5, 5.41) is 1.78. The number of hydrogen-bond acceptors (Lipinski definition) is 4. The molecule has 0 spiro atoms. The Morgan fingerprint density at radius 3 is 2.52 bits per heavy atom. The van der Waals surface area contributed by atoms with Crippen molar-refractivity contribution in [1.82, 2.24) is 4.72 Å². The van der Waals surface area contributed by atoms with Crippen LogP contribution in [-0.4, -0.2) is 41.3 Å². The lowest BCUT2D eigenvalue weighted by Gasteiger charge is -2.28. The molecule has 23 heavy (non-hydrogen) atoms. The van der Waals surface area contributed by atoms with Crippen LogP contribution < -0.4 is 9.62 Å². The van der Waals surface area contributed by atoms with Crippen molar-refractivity contribution in [2.45, 2.75) is 10.3 Å². The summed E-state index contributed by atoms with van der Waals surface area (Å²) in [6.07, 6.45) is 0. The highest BCUT2D eigenvalue weighted by atomic mass is 32.2. The van der Waals surface area contributed by atoms with Gasteiger partial charge < -0.3 is 9.64 Å². The van der Waals surface area contributed by atoms with Gasteiger partial charge in [-0.1, -0.05) is 36.4 Å². The molecule has 0 saturated carbocycles. The predicted molar refractivity (Wildman–Crippen MR) is 90.2 cm³/mol. The van der Waals surface area contributed by atoms with Crippen molar-refractivity contribution in [2.75, 3.05) is 32.8 Å². The zero-order valence-corrected chi connectivity index (χ0v) is 14.4. The summed E-state index contributed by atoms with van der Waals surface area (Å²) in [7, 11) is -3.49. The molecule has 5 nitrogen and oxygen atoms in total. The zero-order valence-electron chi connectivity index (χ0n) is 12.8. The minimum absolute atomic E-state index is 0.239. The molecule has 2 N–H and O–H groups in total. The molecule has 0 radical (unpaired) electrons. The zero-order chi connectivity index (χ0) is 16.1. The van der Waals surface area contributed by atoms with Crippen molar-refractivity contribution < 1.29 is 18.1 Å². The van der Waals surface area contributed by atoms with Crippen LogP contribution in [0.2, 0.25) is 0 Å². The Balaban J connectivity index is 1.80. The summed E-state index contributed by atoms with van der Waals surface area (Å²) in [5.41, 5.74) is 0.992. The van der Waals surface area contributed by atoms with E-state index in [1.54, 1.807) is 17.5 Å². The van der Waals surface area contributed by atoms with Gasteiger partial charge in [-0.2, -0.15) is 4.72 Å². The Bertz CT molecular complexity index is 696. The summed E-state index contributed by atoms with van der Waals surface area (Å²) in [4.78, 5) is 1.36. The molecule has 1 saturated heterocycles. The molecule has 124 valence electrons. The SMILES string of the molecule is O=S(=O)(N[C@@H](C[NH+]1CCOCC1)c1ccccc1)c1cccs1. The quantitative estimate of drug-likeness (QED) is 0.803. The van der Waals surface area contributed by atoms with E-state index in [1.807, 2.05) is 30.3 Å². The average molecular weight is 353 g/mol. The molecule has 2 heterocycles. The van der Waals surface area contributed by atoms with Crippen molar-refractivity contribution >= 4 is 21.4 Å². The molecule has 0 bridgehead atoms. The van der Waals surface area contributed by atoms with Crippen molar-refractivity contribution in [1.29, 1.82) is 0 Å². The minimum atomic E-state index is -3.49. The molecular weight excluding hydrogens is 332 g/mol. The van der Waals surface area contributed by atoms with E-state index in [-0.39, 0.29) is 6.04 Å². The number of ether oxygens (including phenoxy) is 1. The van der Waals surface area contributed by atoms with Crippen LogP contribution in [0, 0.1) is 0 Å². The third-order valence-corrected chi connectivity index (χ3v) is 6.82. The highest BCUT2D eigenvalue weighted by molar-refractivity contribution is 7.91. The maximum Gasteiger partial charge on any atom is 0.250 e. The first-order chi connectivity index (χ1) is 11.1. The van der Waals surface area contributed by atoms with Crippen molar-refractivity contribution in [3.63, 3.8) is 0 Å². The highest BCUT2D eigenvalue weighted by Gasteiger charge is 2.26. The van der Waals surface area contributed by atoms with Gasteiger partial charge in [0.1, 0.15) is 17.3 Å². The largest absolute Gasteiger partial charge is 0.370 e. The first kappa shape index (κ1) is 16.6. The fraction of sp³-hybridized carbons (Fsp3) is 0.375. The molecule has 0 unspecified atom stereocenters. The second kappa shape index (κ2) is 7.55. The number of hydrogen-bond donors (Lipinski definition) is 2. The maximum atomic E-state index is 12.6. The second-order valence-corrected chi connectivity index (χ2v) is 8.47. The molecule has 1 aliphatic heterocycles. The van der Waals surface area contributed by atoms with Crippen LogP contribution in [0.3, 0.4) is 0 Å². The molecule has 7 heteroatoms. The Kier molecular flexibility index (Phi) is 5.45. The highest BCUT2D eigenvalue weighted by Crippen LogP contribution is 2.19. The monoisotopic (exact) mass is 353 g/mol. The van der Waals surface area contributed by atoms with Crippen molar-refractivity contribution in [3.05, 3.63) is 53.4 Å². The molecule has 1 fully saturated rings. The van der Waals surface area contributed by atoms with Gasteiger partial charge in [0.2, 0.25) is 0 Å². The smallest absolute Gasteiger partial charge is 0.250 e. The van der Waals surface area contributed by atoms with E-state index >= 15 is 0 Å². The van der Waals surface area contributed by atoms with Crippen molar-refractivity contribution in [3.8, 4) is 0 Å². The number of morpholine rings is 1. The third-order valence-electron chi connectivity index (χ3n) is 3.95. The van der Waals surface area contributed by atoms with Crippen molar-refractivity contribution in [2.24, 2.45) is 0 Å². The molecule has 0 aliphatic carbocycles. The molecule has 2 aromatic rings. The van der Waals surface area contributed by atoms with Crippen LogP contribution >= 0.6 is 11.3 Å². The molecule has 1 aliphatic rings. The molecule has 1 atom stereocenters. The molecule has 1 aromatic carbocycles. The summed E-state index contributed by atoms with van der Waals surface area (Å²) < 4.78 is 33.8. The Morgan fingerprint density at radius 1 is 1.13 bits per heavy atom. The summed E-state index contributed by atoms with van der Waals surface area (Å²) in [6.45, 7) is 4.00. The predicted octanol–water partition coefficient (Wildman–Crippen LogP) is 0.683. The van der Waals surface area contributed by atoms with E-state index in [2.05, 4.69) is 4.72 Å². The van der Waals surface area contributed by atoms with Gasteiger partial charge in [0.25, 0.3) is 10.0 Å². The summed E-state index contributed by atoms with van der Waals surface area (Å²) in [5.74, 6) is 0. The number of rotatable bonds is 6. The van der Waals surface area contributed by atoms with Crippen LogP contribution in [0.15, 0.2) is 52.1 Å². The van der Waals surface area contributed by atoms with Gasteiger partial charge in [-0.25, -0.2) is 8.42 Å². The molecule has 3 rings (SSSR count). The topological polar surface area (TPSA) is 59.8 Å². The number of sulfonamides is 1.